The van der Waals surface area contributed by atoms with E-state index in [1.807, 2.05) is 65.2 Å². The Morgan fingerprint density at radius 2 is 1.74 bits per heavy atom. The van der Waals surface area contributed by atoms with Gasteiger partial charge in [-0.25, -0.2) is 0 Å². The average molecular weight is 487 g/mol. The highest BCUT2D eigenvalue weighted by Crippen LogP contribution is 2.26. The summed E-state index contributed by atoms with van der Waals surface area (Å²) in [6, 6.07) is 23.4. The van der Waals surface area contributed by atoms with Crippen LogP contribution in [0.15, 0.2) is 78.0 Å². The number of benzene rings is 3. The third-order valence-electron chi connectivity index (χ3n) is 5.86. The van der Waals surface area contributed by atoms with Crippen LogP contribution in [0.4, 0.5) is 5.69 Å². The molecule has 0 atom stereocenters. The Hall–Kier alpha value is -3.78. The minimum absolute atomic E-state index is 0.0772. The number of rotatable bonds is 9. The Balaban J connectivity index is 1.28. The molecule has 0 aliphatic heterocycles. The minimum atomic E-state index is -0.0772. The summed E-state index contributed by atoms with van der Waals surface area (Å²) in [7, 11) is 1.63. The second-order valence-electron chi connectivity index (χ2n) is 8.21. The molecule has 7 nitrogen and oxygen atoms in total. The normalized spacial score (nSPS) is 12.3. The Morgan fingerprint density at radius 3 is 2.54 bits per heavy atom. The van der Waals surface area contributed by atoms with E-state index in [1.54, 1.807) is 7.11 Å². The molecule has 35 heavy (non-hydrogen) atoms. The van der Waals surface area contributed by atoms with Crippen molar-refractivity contribution in [1.29, 1.82) is 0 Å². The first-order valence-electron chi connectivity index (χ1n) is 11.5. The highest BCUT2D eigenvalue weighted by atomic mass is 32.2. The second kappa shape index (κ2) is 10.7. The van der Waals surface area contributed by atoms with Gasteiger partial charge < -0.3 is 14.8 Å². The van der Waals surface area contributed by atoms with E-state index in [4.69, 9.17) is 9.47 Å². The molecule has 0 bridgehead atoms. The smallest absolute Gasteiger partial charge is 0.234 e. The molecule has 0 saturated heterocycles. The number of para-hydroxylation sites is 1. The lowest BCUT2D eigenvalue weighted by Crippen LogP contribution is -2.15. The number of ether oxygens (including phenoxy) is 2. The van der Waals surface area contributed by atoms with Crippen molar-refractivity contribution in [2.75, 3.05) is 18.2 Å². The van der Waals surface area contributed by atoms with Gasteiger partial charge in [-0.15, -0.1) is 10.2 Å². The lowest BCUT2D eigenvalue weighted by molar-refractivity contribution is -0.113. The van der Waals surface area contributed by atoms with Gasteiger partial charge >= 0.3 is 0 Å². The van der Waals surface area contributed by atoms with Crippen LogP contribution in [0.1, 0.15) is 23.4 Å². The lowest BCUT2D eigenvalue weighted by Gasteiger charge is -2.11. The summed E-state index contributed by atoms with van der Waals surface area (Å²) in [6.07, 6.45) is 3.39. The first-order chi connectivity index (χ1) is 17.2. The summed E-state index contributed by atoms with van der Waals surface area (Å²) in [5.74, 6) is 2.26. The molecule has 1 N–H and O–H groups in total. The van der Waals surface area contributed by atoms with Crippen LogP contribution >= 0.6 is 11.8 Å². The van der Waals surface area contributed by atoms with Gasteiger partial charge in [0.1, 0.15) is 18.1 Å². The highest BCUT2D eigenvalue weighted by molar-refractivity contribution is 7.99. The molecule has 3 aromatic carbocycles. The number of hydrogen-bond acceptors (Lipinski definition) is 6. The van der Waals surface area contributed by atoms with Crippen molar-refractivity contribution in [1.82, 2.24) is 14.8 Å². The fourth-order valence-corrected chi connectivity index (χ4v) is 4.89. The van der Waals surface area contributed by atoms with E-state index in [2.05, 4.69) is 27.6 Å². The number of aryl methyl sites for hydroxylation is 2. The van der Waals surface area contributed by atoms with Gasteiger partial charge in [-0.05, 0) is 78.9 Å². The zero-order chi connectivity index (χ0) is 24.0. The van der Waals surface area contributed by atoms with Crippen molar-refractivity contribution in [3.05, 3.63) is 89.7 Å². The Morgan fingerprint density at radius 1 is 0.971 bits per heavy atom. The Kier molecular flexibility index (Phi) is 6.99. The van der Waals surface area contributed by atoms with Crippen LogP contribution in [0.3, 0.4) is 0 Å². The van der Waals surface area contributed by atoms with Crippen molar-refractivity contribution in [2.24, 2.45) is 0 Å². The lowest BCUT2D eigenvalue weighted by atomic mass is 10.1. The van der Waals surface area contributed by atoms with Gasteiger partial charge in [0.2, 0.25) is 5.91 Å². The summed E-state index contributed by atoms with van der Waals surface area (Å²) >= 11 is 1.35. The first kappa shape index (κ1) is 23.0. The topological polar surface area (TPSA) is 78.3 Å². The molecular formula is C27H26N4O3S. The molecule has 0 radical (unpaired) electrons. The number of methoxy groups -OCH3 is 1. The van der Waals surface area contributed by atoms with Crippen LogP contribution in [0.2, 0.25) is 0 Å². The molecule has 1 aliphatic carbocycles. The fourth-order valence-electron chi connectivity index (χ4n) is 4.12. The van der Waals surface area contributed by atoms with Crippen LogP contribution in [0.25, 0.3) is 5.69 Å². The molecule has 1 heterocycles. The van der Waals surface area contributed by atoms with Crippen molar-refractivity contribution in [3.63, 3.8) is 0 Å². The van der Waals surface area contributed by atoms with Crippen LogP contribution in [0.5, 0.6) is 11.5 Å². The zero-order valence-electron chi connectivity index (χ0n) is 19.4. The molecule has 8 heteroatoms. The van der Waals surface area contributed by atoms with E-state index < -0.39 is 0 Å². The summed E-state index contributed by atoms with van der Waals surface area (Å²) in [5.41, 5.74) is 4.47. The van der Waals surface area contributed by atoms with Gasteiger partial charge in [-0.1, -0.05) is 36.0 Å². The zero-order valence-corrected chi connectivity index (χ0v) is 20.3. The average Bonchev–Trinajstić information content (AvgIpc) is 3.53. The number of hydrogen-bond donors (Lipinski definition) is 1. The third-order valence-corrected chi connectivity index (χ3v) is 6.79. The number of carbonyl (C=O) groups is 1. The molecule has 0 saturated carbocycles. The second-order valence-corrected chi connectivity index (χ2v) is 9.15. The number of fused-ring (bicyclic) bond motifs is 1. The fraction of sp³-hybridized carbons (Fsp3) is 0.222. The number of thioether (sulfide) groups is 1. The maximum atomic E-state index is 12.7. The van der Waals surface area contributed by atoms with Gasteiger partial charge in [0, 0.05) is 11.4 Å². The molecule has 1 amide bonds. The van der Waals surface area contributed by atoms with Gasteiger partial charge in [0.25, 0.3) is 0 Å². The van der Waals surface area contributed by atoms with Gasteiger partial charge in [0.05, 0.1) is 12.9 Å². The largest absolute Gasteiger partial charge is 0.497 e. The Bertz CT molecular complexity index is 1310. The maximum Gasteiger partial charge on any atom is 0.234 e. The van der Waals surface area contributed by atoms with Gasteiger partial charge in [-0.2, -0.15) is 0 Å². The van der Waals surface area contributed by atoms with E-state index in [0.717, 1.165) is 30.0 Å². The van der Waals surface area contributed by atoms with Gasteiger partial charge in [0.15, 0.2) is 11.0 Å². The Labute approximate surface area is 208 Å². The van der Waals surface area contributed by atoms with Crippen molar-refractivity contribution in [2.45, 2.75) is 31.0 Å². The van der Waals surface area contributed by atoms with E-state index in [0.29, 0.717) is 16.7 Å². The highest BCUT2D eigenvalue weighted by Gasteiger charge is 2.17. The predicted molar refractivity (Wildman–Crippen MR) is 137 cm³/mol. The third kappa shape index (κ3) is 5.49. The predicted octanol–water partition coefficient (Wildman–Crippen LogP) is 5.07. The number of anilines is 1. The monoisotopic (exact) mass is 486 g/mol. The summed E-state index contributed by atoms with van der Waals surface area (Å²) in [5, 5.41) is 12.4. The summed E-state index contributed by atoms with van der Waals surface area (Å²) in [6.45, 7) is 0.232. The quantitative estimate of drug-likeness (QED) is 0.333. The van der Waals surface area contributed by atoms with Gasteiger partial charge in [-0.3, -0.25) is 9.36 Å². The van der Waals surface area contributed by atoms with E-state index >= 15 is 0 Å². The number of amides is 1. The van der Waals surface area contributed by atoms with Crippen LogP contribution in [-0.4, -0.2) is 33.5 Å². The molecule has 1 aliphatic rings. The molecule has 0 fully saturated rings. The SMILES string of the molecule is COc1ccc(OCc2nnc(SCC(=O)Nc3ccc4c(c3)CCC4)n2-c2ccccc2)cc1. The summed E-state index contributed by atoms with van der Waals surface area (Å²) in [4.78, 5) is 12.7. The first-order valence-corrected chi connectivity index (χ1v) is 12.5. The standard InChI is InChI=1S/C27H26N4O3S/c1-33-23-12-14-24(15-13-23)34-17-25-29-30-27(31(25)22-8-3-2-4-9-22)35-18-26(32)28-21-11-10-19-6-5-7-20(19)16-21/h2-4,8-16H,5-7,17-18H2,1H3,(H,28,32). The van der Waals surface area contributed by atoms with Crippen LogP contribution in [-0.2, 0) is 24.2 Å². The van der Waals surface area contributed by atoms with Crippen molar-refractivity contribution < 1.29 is 14.3 Å². The molecular weight excluding hydrogens is 460 g/mol. The number of nitrogens with zero attached hydrogens (tertiary/aromatic N) is 3. The molecule has 5 rings (SSSR count). The molecule has 1 aromatic heterocycles. The summed E-state index contributed by atoms with van der Waals surface area (Å²) < 4.78 is 13.1. The molecule has 178 valence electrons. The van der Waals surface area contributed by atoms with Crippen LogP contribution in [0, 0.1) is 0 Å². The van der Waals surface area contributed by atoms with E-state index in [-0.39, 0.29) is 18.3 Å². The number of aromatic nitrogens is 3. The van der Waals surface area contributed by atoms with Crippen LogP contribution < -0.4 is 14.8 Å². The molecule has 0 spiro atoms. The number of carbonyl (C=O) groups excluding carboxylic acids is 1. The van der Waals surface area contributed by atoms with E-state index in [9.17, 15) is 4.79 Å². The van der Waals surface area contributed by atoms with Crippen molar-refractivity contribution >= 4 is 23.4 Å². The number of nitrogens with one attached hydrogen (secondary N) is 1. The maximum absolute atomic E-state index is 12.7. The minimum Gasteiger partial charge on any atom is -0.497 e. The molecule has 4 aromatic rings. The van der Waals surface area contributed by atoms with E-state index in [1.165, 1.54) is 29.3 Å². The molecule has 0 unspecified atom stereocenters. The van der Waals surface area contributed by atoms with Crippen molar-refractivity contribution in [3.8, 4) is 17.2 Å².